The number of carbonyl (C=O) groups excluding carboxylic acids is 1. The molecule has 0 saturated carbocycles. The summed E-state index contributed by atoms with van der Waals surface area (Å²) in [6, 6.07) is 20.3. The van der Waals surface area contributed by atoms with Crippen LogP contribution in [0.4, 0.5) is 16.3 Å². The summed E-state index contributed by atoms with van der Waals surface area (Å²) < 4.78 is 7.52. The number of rotatable bonds is 5. The third-order valence-electron chi connectivity index (χ3n) is 5.00. The lowest BCUT2D eigenvalue weighted by molar-refractivity contribution is 0.262. The Morgan fingerprint density at radius 1 is 0.879 bits per heavy atom. The van der Waals surface area contributed by atoms with E-state index in [-0.39, 0.29) is 11.4 Å². The predicted octanol–water partition coefficient (Wildman–Crippen LogP) is 6.31. The second kappa shape index (κ2) is 9.16. The minimum Gasteiger partial charge on any atom is -0.457 e. The maximum atomic E-state index is 12.8. The molecular weight excluding hydrogens is 414 g/mol. The van der Waals surface area contributed by atoms with E-state index in [9.17, 15) is 4.79 Å². The molecule has 0 aliphatic heterocycles. The molecule has 0 saturated heterocycles. The first-order valence-electron chi connectivity index (χ1n) is 10.7. The molecule has 2 amide bonds. The number of nitrogens with one attached hydrogen (secondary N) is 2. The van der Waals surface area contributed by atoms with Gasteiger partial charge in [-0.05, 0) is 55.5 Å². The van der Waals surface area contributed by atoms with Crippen molar-refractivity contribution in [2.24, 2.45) is 0 Å². The van der Waals surface area contributed by atoms with Gasteiger partial charge in [0.2, 0.25) is 0 Å². The average Bonchev–Trinajstić information content (AvgIpc) is 3.20. The van der Waals surface area contributed by atoms with Crippen molar-refractivity contribution >= 4 is 17.5 Å². The molecule has 0 unspecified atom stereocenters. The number of aromatic nitrogens is 3. The molecule has 2 N–H and O–H groups in total. The van der Waals surface area contributed by atoms with Crippen LogP contribution in [0.5, 0.6) is 11.5 Å². The summed E-state index contributed by atoms with van der Waals surface area (Å²) in [5, 5.41) is 10.5. The number of urea groups is 1. The van der Waals surface area contributed by atoms with Crippen molar-refractivity contribution in [1.29, 1.82) is 0 Å². The van der Waals surface area contributed by atoms with Gasteiger partial charge in [-0.1, -0.05) is 38.5 Å². The first kappa shape index (κ1) is 22.1. The van der Waals surface area contributed by atoms with Crippen molar-refractivity contribution in [3.05, 3.63) is 90.4 Å². The Labute approximate surface area is 193 Å². The fraction of sp³-hybridized carbons (Fsp3) is 0.192. The zero-order valence-electron chi connectivity index (χ0n) is 19.2. The van der Waals surface area contributed by atoms with Gasteiger partial charge in [0.15, 0.2) is 0 Å². The van der Waals surface area contributed by atoms with Crippen molar-refractivity contribution in [1.82, 2.24) is 14.8 Å². The van der Waals surface area contributed by atoms with Crippen LogP contribution in [-0.2, 0) is 5.41 Å². The maximum Gasteiger partial charge on any atom is 0.324 e. The Hall–Kier alpha value is -4.13. The van der Waals surface area contributed by atoms with E-state index in [0.717, 1.165) is 16.9 Å². The minimum atomic E-state index is -0.355. The molecule has 0 fully saturated rings. The Balaban J connectivity index is 1.48. The molecule has 0 spiro atoms. The number of ether oxygens (including phenoxy) is 1. The first-order valence-corrected chi connectivity index (χ1v) is 10.7. The summed E-state index contributed by atoms with van der Waals surface area (Å²) >= 11 is 0. The number of benzene rings is 2. The van der Waals surface area contributed by atoms with Gasteiger partial charge in [-0.15, -0.1) is 0 Å². The molecule has 4 aromatic rings. The maximum absolute atomic E-state index is 12.8. The van der Waals surface area contributed by atoms with Gasteiger partial charge in [0.05, 0.1) is 11.4 Å². The van der Waals surface area contributed by atoms with Crippen molar-refractivity contribution in [3.8, 4) is 17.2 Å². The lowest BCUT2D eigenvalue weighted by atomic mass is 9.92. The van der Waals surface area contributed by atoms with E-state index in [4.69, 9.17) is 9.84 Å². The molecule has 0 aliphatic carbocycles. The molecule has 4 rings (SSSR count). The van der Waals surface area contributed by atoms with Crippen LogP contribution in [0.25, 0.3) is 5.69 Å². The van der Waals surface area contributed by atoms with Crippen LogP contribution in [0.15, 0.2) is 79.1 Å². The highest BCUT2D eigenvalue weighted by molar-refractivity contribution is 5.99. The number of anilines is 2. The average molecular weight is 442 g/mol. The molecule has 2 aromatic heterocycles. The molecule has 168 valence electrons. The highest BCUT2D eigenvalue weighted by Crippen LogP contribution is 2.27. The highest BCUT2D eigenvalue weighted by Gasteiger charge is 2.21. The zero-order chi connectivity index (χ0) is 23.4. The predicted molar refractivity (Wildman–Crippen MR) is 130 cm³/mol. The van der Waals surface area contributed by atoms with E-state index >= 15 is 0 Å². The standard InChI is InChI=1S/C26H27N5O2/c1-18-5-9-20(10-6-18)31-24(17-23(30-31)26(2,3)4)29-25(32)28-19-7-11-21(12-8-19)33-22-13-15-27-16-14-22/h5-17H,1-4H3,(H2,28,29,32). The van der Waals surface area contributed by atoms with Gasteiger partial charge >= 0.3 is 6.03 Å². The molecular formula is C26H27N5O2. The van der Waals surface area contributed by atoms with Crippen LogP contribution in [0, 0.1) is 6.92 Å². The summed E-state index contributed by atoms with van der Waals surface area (Å²) in [4.78, 5) is 16.7. The number of nitrogens with zero attached hydrogens (tertiary/aromatic N) is 3. The Kier molecular flexibility index (Phi) is 6.13. The molecule has 0 bridgehead atoms. The molecule has 0 atom stereocenters. The van der Waals surface area contributed by atoms with Gasteiger partial charge in [-0.25, -0.2) is 9.48 Å². The van der Waals surface area contributed by atoms with Gasteiger partial charge < -0.3 is 10.1 Å². The minimum absolute atomic E-state index is 0.159. The van der Waals surface area contributed by atoms with Crippen LogP contribution in [0.3, 0.4) is 0 Å². The lowest BCUT2D eigenvalue weighted by Crippen LogP contribution is -2.21. The zero-order valence-corrected chi connectivity index (χ0v) is 19.2. The van der Waals surface area contributed by atoms with Gasteiger partial charge in [0.25, 0.3) is 0 Å². The van der Waals surface area contributed by atoms with Crippen LogP contribution in [-0.4, -0.2) is 20.8 Å². The van der Waals surface area contributed by atoms with Crippen LogP contribution >= 0.6 is 0 Å². The summed E-state index contributed by atoms with van der Waals surface area (Å²) in [6.07, 6.45) is 3.34. The summed E-state index contributed by atoms with van der Waals surface area (Å²) in [5.41, 5.74) is 3.41. The highest BCUT2D eigenvalue weighted by atomic mass is 16.5. The van der Waals surface area contributed by atoms with Gasteiger partial charge in [-0.2, -0.15) is 5.10 Å². The number of pyridine rings is 1. The van der Waals surface area contributed by atoms with Gasteiger partial charge in [0.1, 0.15) is 17.3 Å². The Morgan fingerprint density at radius 2 is 1.52 bits per heavy atom. The number of aryl methyl sites for hydroxylation is 1. The second-order valence-corrected chi connectivity index (χ2v) is 8.80. The van der Waals surface area contributed by atoms with Gasteiger partial charge in [0, 0.05) is 29.6 Å². The molecule has 7 nitrogen and oxygen atoms in total. The fourth-order valence-electron chi connectivity index (χ4n) is 3.15. The van der Waals surface area contributed by atoms with E-state index in [1.807, 2.05) is 37.3 Å². The summed E-state index contributed by atoms with van der Waals surface area (Å²) in [5.74, 6) is 1.96. The molecule has 2 aromatic carbocycles. The Bertz CT molecular complexity index is 1220. The van der Waals surface area contributed by atoms with E-state index in [1.165, 1.54) is 0 Å². The van der Waals surface area contributed by atoms with E-state index < -0.39 is 0 Å². The third kappa shape index (κ3) is 5.57. The number of carbonyl (C=O) groups is 1. The number of amides is 2. The second-order valence-electron chi connectivity index (χ2n) is 8.80. The monoisotopic (exact) mass is 441 g/mol. The van der Waals surface area contributed by atoms with E-state index in [2.05, 4.69) is 36.4 Å². The first-order chi connectivity index (χ1) is 15.8. The van der Waals surface area contributed by atoms with Crippen LogP contribution in [0.2, 0.25) is 0 Å². The Morgan fingerprint density at radius 3 is 2.15 bits per heavy atom. The molecule has 0 radical (unpaired) electrons. The smallest absolute Gasteiger partial charge is 0.324 e. The van der Waals surface area contributed by atoms with Gasteiger partial charge in [-0.3, -0.25) is 10.3 Å². The molecule has 0 aliphatic rings. The normalized spacial score (nSPS) is 11.2. The molecule has 33 heavy (non-hydrogen) atoms. The van der Waals surface area contributed by atoms with Crippen molar-refractivity contribution in [2.75, 3.05) is 10.6 Å². The summed E-state index contributed by atoms with van der Waals surface area (Å²) in [7, 11) is 0. The fourth-order valence-corrected chi connectivity index (χ4v) is 3.15. The van der Waals surface area contributed by atoms with Crippen molar-refractivity contribution in [2.45, 2.75) is 33.1 Å². The lowest BCUT2D eigenvalue weighted by Gasteiger charge is -2.14. The SMILES string of the molecule is Cc1ccc(-n2nc(C(C)(C)C)cc2NC(=O)Nc2ccc(Oc3ccncc3)cc2)cc1. The summed E-state index contributed by atoms with van der Waals surface area (Å²) in [6.45, 7) is 8.31. The number of hydrogen-bond donors (Lipinski definition) is 2. The quantitative estimate of drug-likeness (QED) is 0.380. The van der Waals surface area contributed by atoms with E-state index in [1.54, 1.807) is 53.5 Å². The largest absolute Gasteiger partial charge is 0.457 e. The molecule has 2 heterocycles. The van der Waals surface area contributed by atoms with Crippen molar-refractivity contribution in [3.63, 3.8) is 0 Å². The third-order valence-corrected chi connectivity index (χ3v) is 5.00. The molecule has 7 heteroatoms. The number of hydrogen-bond acceptors (Lipinski definition) is 4. The van der Waals surface area contributed by atoms with Crippen LogP contribution < -0.4 is 15.4 Å². The topological polar surface area (TPSA) is 81.1 Å². The van der Waals surface area contributed by atoms with E-state index in [0.29, 0.717) is 23.0 Å². The van der Waals surface area contributed by atoms with Crippen LogP contribution in [0.1, 0.15) is 32.0 Å². The van der Waals surface area contributed by atoms with Crippen molar-refractivity contribution < 1.29 is 9.53 Å².